The lowest BCUT2D eigenvalue weighted by Gasteiger charge is -2.22. The van der Waals surface area contributed by atoms with E-state index in [0.717, 1.165) is 68.5 Å². The van der Waals surface area contributed by atoms with Gasteiger partial charge in [-0.2, -0.15) is 0 Å². The van der Waals surface area contributed by atoms with Crippen molar-refractivity contribution in [3.8, 4) is 11.5 Å². The van der Waals surface area contributed by atoms with Crippen LogP contribution in [0.5, 0.6) is 11.5 Å². The fraction of sp³-hybridized carbons (Fsp3) is 0.708. The molecule has 1 saturated carbocycles. The summed E-state index contributed by atoms with van der Waals surface area (Å²) in [5.74, 6) is 3.12. The Morgan fingerprint density at radius 1 is 1.16 bits per heavy atom. The Bertz CT molecular complexity index is 698. The minimum atomic E-state index is 0. The molecule has 1 saturated heterocycles. The van der Waals surface area contributed by atoms with E-state index in [1.165, 1.54) is 12.8 Å². The number of methoxy groups -OCH3 is 2. The summed E-state index contributed by atoms with van der Waals surface area (Å²) in [6.45, 7) is 7.54. The molecular formula is C24H40IN3O4. The van der Waals surface area contributed by atoms with Gasteiger partial charge in [0.05, 0.1) is 39.6 Å². The highest BCUT2D eigenvalue weighted by molar-refractivity contribution is 14.0. The zero-order valence-electron chi connectivity index (χ0n) is 19.8. The summed E-state index contributed by atoms with van der Waals surface area (Å²) >= 11 is 0. The maximum atomic E-state index is 6.37. The molecule has 1 aliphatic heterocycles. The van der Waals surface area contributed by atoms with Gasteiger partial charge >= 0.3 is 0 Å². The van der Waals surface area contributed by atoms with Crippen molar-refractivity contribution in [3.05, 3.63) is 23.8 Å². The Balaban J connectivity index is 0.00000363. The summed E-state index contributed by atoms with van der Waals surface area (Å²) in [7, 11) is 3.40. The number of likely N-dealkylation sites (tertiary alicyclic amines) is 1. The molecule has 32 heavy (non-hydrogen) atoms. The van der Waals surface area contributed by atoms with Crippen LogP contribution < -0.4 is 14.8 Å². The smallest absolute Gasteiger partial charge is 0.194 e. The predicted molar refractivity (Wildman–Crippen MR) is 138 cm³/mol. The molecule has 1 N–H and O–H groups in total. The Morgan fingerprint density at radius 2 is 1.97 bits per heavy atom. The first-order valence-corrected chi connectivity index (χ1v) is 11.7. The molecule has 0 amide bonds. The highest BCUT2D eigenvalue weighted by Gasteiger charge is 2.25. The average Bonchev–Trinajstić information content (AvgIpc) is 3.47. The molecule has 1 aromatic carbocycles. The lowest BCUT2D eigenvalue weighted by atomic mass is 10.1. The van der Waals surface area contributed by atoms with Gasteiger partial charge in [-0.05, 0) is 45.1 Å². The zero-order chi connectivity index (χ0) is 21.9. The Labute approximate surface area is 210 Å². The third kappa shape index (κ3) is 7.95. The number of nitrogens with zero attached hydrogens (tertiary/aromatic N) is 2. The van der Waals surface area contributed by atoms with E-state index in [1.807, 2.05) is 12.1 Å². The van der Waals surface area contributed by atoms with E-state index >= 15 is 0 Å². The topological polar surface area (TPSA) is 64.6 Å². The van der Waals surface area contributed by atoms with Crippen LogP contribution in [0.25, 0.3) is 0 Å². The van der Waals surface area contributed by atoms with Gasteiger partial charge in [0.25, 0.3) is 0 Å². The first-order valence-electron chi connectivity index (χ1n) is 11.7. The summed E-state index contributed by atoms with van der Waals surface area (Å²) in [5.41, 5.74) is 1.07. The van der Waals surface area contributed by atoms with E-state index in [0.29, 0.717) is 25.7 Å². The van der Waals surface area contributed by atoms with Crippen LogP contribution in [-0.4, -0.2) is 70.6 Å². The summed E-state index contributed by atoms with van der Waals surface area (Å²) in [5, 5.41) is 3.46. The van der Waals surface area contributed by atoms with Crippen molar-refractivity contribution in [1.82, 2.24) is 10.2 Å². The number of benzene rings is 1. The molecule has 7 nitrogen and oxygen atoms in total. The number of aliphatic imine (C=N–C) groups is 1. The van der Waals surface area contributed by atoms with E-state index in [4.69, 9.17) is 23.9 Å². The van der Waals surface area contributed by atoms with Crippen LogP contribution in [0.2, 0.25) is 0 Å². The molecule has 0 bridgehead atoms. The van der Waals surface area contributed by atoms with Crippen LogP contribution in [0.4, 0.5) is 0 Å². The van der Waals surface area contributed by atoms with Crippen LogP contribution in [0.15, 0.2) is 23.2 Å². The summed E-state index contributed by atoms with van der Waals surface area (Å²) < 4.78 is 22.8. The maximum absolute atomic E-state index is 6.37. The quantitative estimate of drug-likeness (QED) is 0.190. The Hall–Kier alpha value is -1.26. The van der Waals surface area contributed by atoms with Gasteiger partial charge in [-0.15, -0.1) is 24.0 Å². The molecule has 1 aromatic rings. The number of para-hydroxylation sites is 1. The predicted octanol–water partition coefficient (Wildman–Crippen LogP) is 4.09. The van der Waals surface area contributed by atoms with Crippen LogP contribution in [0.1, 0.15) is 44.6 Å². The molecule has 1 atom stereocenters. The number of nitrogens with one attached hydrogen (secondary N) is 1. The number of ether oxygens (including phenoxy) is 4. The highest BCUT2D eigenvalue weighted by Crippen LogP contribution is 2.35. The maximum Gasteiger partial charge on any atom is 0.194 e. The second kappa shape index (κ2) is 14.8. The summed E-state index contributed by atoms with van der Waals surface area (Å²) in [6, 6.07) is 6.08. The SMILES string of the molecule is CCNC(=NCc1cccc(OC)c1OC1CCCC1)N1CCC(COCCOC)C1.I. The summed E-state index contributed by atoms with van der Waals surface area (Å²) in [6.07, 6.45) is 6.11. The number of rotatable bonds is 11. The fourth-order valence-electron chi connectivity index (χ4n) is 4.29. The van der Waals surface area contributed by atoms with Crippen LogP contribution in [0.3, 0.4) is 0 Å². The molecule has 2 aliphatic rings. The van der Waals surface area contributed by atoms with Crippen molar-refractivity contribution in [2.75, 3.05) is 53.7 Å². The van der Waals surface area contributed by atoms with E-state index < -0.39 is 0 Å². The molecule has 2 fully saturated rings. The van der Waals surface area contributed by atoms with Crippen molar-refractivity contribution in [2.24, 2.45) is 10.9 Å². The van der Waals surface area contributed by atoms with Gasteiger partial charge in [-0.1, -0.05) is 12.1 Å². The standard InChI is InChI=1S/C24H39N3O4.HI/c1-4-25-24(27-13-12-19(17-27)18-30-15-14-28-2)26-16-20-8-7-11-22(29-3)23(20)31-21-9-5-6-10-21;/h7-8,11,19,21H,4-6,9-10,12-18H2,1-3H3,(H,25,26);1H. The van der Waals surface area contributed by atoms with Crippen molar-refractivity contribution in [2.45, 2.75) is 51.7 Å². The van der Waals surface area contributed by atoms with E-state index in [2.05, 4.69) is 23.2 Å². The van der Waals surface area contributed by atoms with E-state index in [-0.39, 0.29) is 30.1 Å². The van der Waals surface area contributed by atoms with Crippen LogP contribution in [-0.2, 0) is 16.0 Å². The lowest BCUT2D eigenvalue weighted by molar-refractivity contribution is 0.0536. The van der Waals surface area contributed by atoms with Gasteiger partial charge in [0.1, 0.15) is 0 Å². The number of guanidine groups is 1. The van der Waals surface area contributed by atoms with Crippen molar-refractivity contribution in [3.63, 3.8) is 0 Å². The molecule has 182 valence electrons. The molecule has 0 aromatic heterocycles. The third-order valence-corrected chi connectivity index (χ3v) is 5.97. The van der Waals surface area contributed by atoms with Gasteiger partial charge in [0.2, 0.25) is 0 Å². The first-order chi connectivity index (χ1) is 15.2. The third-order valence-electron chi connectivity index (χ3n) is 5.97. The lowest BCUT2D eigenvalue weighted by Crippen LogP contribution is -2.40. The normalized spacial score (nSPS) is 19.2. The van der Waals surface area contributed by atoms with Crippen molar-refractivity contribution in [1.29, 1.82) is 0 Å². The largest absolute Gasteiger partial charge is 0.493 e. The number of halogens is 1. The van der Waals surface area contributed by atoms with Crippen LogP contribution in [0, 0.1) is 5.92 Å². The molecule has 1 heterocycles. The second-order valence-corrected chi connectivity index (χ2v) is 8.31. The second-order valence-electron chi connectivity index (χ2n) is 8.31. The molecule has 1 unspecified atom stereocenters. The first kappa shape index (κ1) is 27.0. The molecule has 8 heteroatoms. The minimum absolute atomic E-state index is 0. The van der Waals surface area contributed by atoms with Gasteiger partial charge in [0, 0.05) is 38.2 Å². The molecule has 3 rings (SSSR count). The molecule has 0 radical (unpaired) electrons. The molecule has 1 aliphatic carbocycles. The van der Waals surface area contributed by atoms with E-state index in [1.54, 1.807) is 14.2 Å². The molecular weight excluding hydrogens is 521 g/mol. The Morgan fingerprint density at radius 3 is 2.69 bits per heavy atom. The minimum Gasteiger partial charge on any atom is -0.493 e. The monoisotopic (exact) mass is 561 g/mol. The van der Waals surface area contributed by atoms with Gasteiger partial charge < -0.3 is 29.2 Å². The number of hydrogen-bond donors (Lipinski definition) is 1. The Kier molecular flexibility index (Phi) is 12.5. The summed E-state index contributed by atoms with van der Waals surface area (Å²) in [4.78, 5) is 7.29. The highest BCUT2D eigenvalue weighted by atomic mass is 127. The zero-order valence-corrected chi connectivity index (χ0v) is 22.1. The van der Waals surface area contributed by atoms with E-state index in [9.17, 15) is 0 Å². The fourth-order valence-corrected chi connectivity index (χ4v) is 4.29. The molecule has 0 spiro atoms. The number of hydrogen-bond acceptors (Lipinski definition) is 5. The van der Waals surface area contributed by atoms with Gasteiger partial charge in [0.15, 0.2) is 17.5 Å². The van der Waals surface area contributed by atoms with Crippen molar-refractivity contribution < 1.29 is 18.9 Å². The average molecular weight is 562 g/mol. The van der Waals surface area contributed by atoms with Crippen LogP contribution >= 0.6 is 24.0 Å². The van der Waals surface area contributed by atoms with Crippen molar-refractivity contribution >= 4 is 29.9 Å². The van der Waals surface area contributed by atoms with Gasteiger partial charge in [-0.25, -0.2) is 4.99 Å². The van der Waals surface area contributed by atoms with Gasteiger partial charge in [-0.3, -0.25) is 0 Å².